The molecular formula is C20H25N3O. The highest BCUT2D eigenvalue weighted by Crippen LogP contribution is 2.40. The van der Waals surface area contributed by atoms with Gasteiger partial charge in [-0.15, -0.1) is 0 Å². The molecule has 1 atom stereocenters. The fourth-order valence-electron chi connectivity index (χ4n) is 3.63. The molecule has 126 valence electrons. The lowest BCUT2D eigenvalue weighted by atomic mass is 9.96. The maximum atomic E-state index is 12.7. The molecule has 1 aliphatic carbocycles. The molecule has 1 aliphatic heterocycles. The Hall–Kier alpha value is -1.94. The van der Waals surface area contributed by atoms with E-state index in [9.17, 15) is 4.79 Å². The van der Waals surface area contributed by atoms with Crippen LogP contribution in [-0.2, 0) is 0 Å². The van der Waals surface area contributed by atoms with Crippen LogP contribution in [0.1, 0.15) is 54.1 Å². The number of nitrogens with one attached hydrogen (secondary N) is 2. The summed E-state index contributed by atoms with van der Waals surface area (Å²) >= 11 is 0. The van der Waals surface area contributed by atoms with Crippen LogP contribution in [0.2, 0.25) is 0 Å². The van der Waals surface area contributed by atoms with Crippen molar-refractivity contribution < 1.29 is 4.79 Å². The van der Waals surface area contributed by atoms with E-state index < -0.39 is 0 Å². The van der Waals surface area contributed by atoms with Crippen LogP contribution in [0.15, 0.2) is 30.3 Å². The SMILES string of the molecule is O=C(NCCC1CCCNC1)c1cc(C2CC2)nc2ccccc12. The summed E-state index contributed by atoms with van der Waals surface area (Å²) in [6, 6.07) is 9.98. The summed E-state index contributed by atoms with van der Waals surface area (Å²) in [6.07, 6.45) is 5.96. The Morgan fingerprint density at radius 2 is 2.12 bits per heavy atom. The molecule has 2 fully saturated rings. The highest BCUT2D eigenvalue weighted by atomic mass is 16.1. The van der Waals surface area contributed by atoms with Gasteiger partial charge >= 0.3 is 0 Å². The largest absolute Gasteiger partial charge is 0.352 e. The van der Waals surface area contributed by atoms with E-state index in [-0.39, 0.29) is 5.91 Å². The third kappa shape index (κ3) is 3.44. The lowest BCUT2D eigenvalue weighted by Crippen LogP contribution is -2.33. The van der Waals surface area contributed by atoms with Crippen molar-refractivity contribution in [3.63, 3.8) is 0 Å². The van der Waals surface area contributed by atoms with Crippen molar-refractivity contribution in [2.45, 2.75) is 38.0 Å². The Morgan fingerprint density at radius 1 is 1.25 bits per heavy atom. The fourth-order valence-corrected chi connectivity index (χ4v) is 3.63. The van der Waals surface area contributed by atoms with Crippen molar-refractivity contribution >= 4 is 16.8 Å². The van der Waals surface area contributed by atoms with Crippen LogP contribution in [0, 0.1) is 5.92 Å². The molecule has 0 spiro atoms. The van der Waals surface area contributed by atoms with Crippen LogP contribution >= 0.6 is 0 Å². The minimum atomic E-state index is 0.0410. The standard InChI is InChI=1S/C20H25N3O/c24-20(22-11-9-14-4-3-10-21-13-14)17-12-19(15-7-8-15)23-18-6-2-1-5-16(17)18/h1-2,5-6,12,14-15,21H,3-4,7-11,13H2,(H,22,24). The summed E-state index contributed by atoms with van der Waals surface area (Å²) < 4.78 is 0. The number of fused-ring (bicyclic) bond motifs is 1. The van der Waals surface area contributed by atoms with E-state index in [0.717, 1.165) is 48.2 Å². The summed E-state index contributed by atoms with van der Waals surface area (Å²) in [7, 11) is 0. The molecule has 1 saturated heterocycles. The Kier molecular flexibility index (Phi) is 4.48. The molecule has 1 unspecified atom stereocenters. The first-order valence-electron chi connectivity index (χ1n) is 9.20. The van der Waals surface area contributed by atoms with E-state index in [2.05, 4.69) is 10.6 Å². The minimum absolute atomic E-state index is 0.0410. The lowest BCUT2D eigenvalue weighted by Gasteiger charge is -2.22. The van der Waals surface area contributed by atoms with Gasteiger partial charge in [0.25, 0.3) is 5.91 Å². The topological polar surface area (TPSA) is 54.0 Å². The molecule has 2 heterocycles. The van der Waals surface area contributed by atoms with Gasteiger partial charge in [-0.05, 0) is 63.2 Å². The second kappa shape index (κ2) is 6.89. The number of rotatable bonds is 5. The molecule has 4 nitrogen and oxygen atoms in total. The normalized spacial score (nSPS) is 20.9. The molecule has 4 heteroatoms. The van der Waals surface area contributed by atoms with Gasteiger partial charge in [-0.3, -0.25) is 9.78 Å². The maximum absolute atomic E-state index is 12.7. The number of hydrogen-bond acceptors (Lipinski definition) is 3. The van der Waals surface area contributed by atoms with Crippen molar-refractivity contribution in [2.75, 3.05) is 19.6 Å². The lowest BCUT2D eigenvalue weighted by molar-refractivity contribution is 0.0952. The molecule has 24 heavy (non-hydrogen) atoms. The third-order valence-corrected chi connectivity index (χ3v) is 5.21. The monoisotopic (exact) mass is 323 g/mol. The molecule has 1 amide bonds. The Bertz CT molecular complexity index is 733. The highest BCUT2D eigenvalue weighted by Gasteiger charge is 2.27. The molecule has 1 aromatic heterocycles. The molecule has 0 radical (unpaired) electrons. The molecule has 4 rings (SSSR count). The van der Waals surface area contributed by atoms with Crippen molar-refractivity contribution in [3.8, 4) is 0 Å². The van der Waals surface area contributed by atoms with Crippen LogP contribution < -0.4 is 10.6 Å². The maximum Gasteiger partial charge on any atom is 0.252 e. The van der Waals surface area contributed by atoms with Gasteiger partial charge in [0.05, 0.1) is 11.1 Å². The first-order chi connectivity index (χ1) is 11.8. The number of piperidine rings is 1. The fraction of sp³-hybridized carbons (Fsp3) is 0.500. The van der Waals surface area contributed by atoms with Gasteiger partial charge < -0.3 is 10.6 Å². The zero-order valence-corrected chi connectivity index (χ0v) is 14.1. The van der Waals surface area contributed by atoms with Crippen LogP contribution in [0.5, 0.6) is 0 Å². The Morgan fingerprint density at radius 3 is 2.92 bits per heavy atom. The number of benzene rings is 1. The van der Waals surface area contributed by atoms with Gasteiger partial charge in [-0.25, -0.2) is 0 Å². The zero-order chi connectivity index (χ0) is 16.4. The van der Waals surface area contributed by atoms with Gasteiger partial charge in [0.15, 0.2) is 0 Å². The van der Waals surface area contributed by atoms with E-state index in [0.29, 0.717) is 11.8 Å². The molecular weight excluding hydrogens is 298 g/mol. The summed E-state index contributed by atoms with van der Waals surface area (Å²) in [5.41, 5.74) is 2.79. The van der Waals surface area contributed by atoms with Crippen molar-refractivity contribution in [1.82, 2.24) is 15.6 Å². The van der Waals surface area contributed by atoms with E-state index in [4.69, 9.17) is 4.98 Å². The van der Waals surface area contributed by atoms with Gasteiger partial charge in [0.2, 0.25) is 0 Å². The van der Waals surface area contributed by atoms with E-state index in [1.807, 2.05) is 30.3 Å². The number of amides is 1. The molecule has 2 aromatic rings. The molecule has 2 aliphatic rings. The van der Waals surface area contributed by atoms with Crippen molar-refractivity contribution in [3.05, 3.63) is 41.6 Å². The van der Waals surface area contributed by atoms with Crippen LogP contribution in [0.4, 0.5) is 0 Å². The molecule has 1 aromatic carbocycles. The number of hydrogen-bond donors (Lipinski definition) is 2. The third-order valence-electron chi connectivity index (χ3n) is 5.21. The van der Waals surface area contributed by atoms with Gasteiger partial charge in [-0.2, -0.15) is 0 Å². The second-order valence-electron chi connectivity index (χ2n) is 7.14. The van der Waals surface area contributed by atoms with Gasteiger partial charge in [0, 0.05) is 23.5 Å². The number of para-hydroxylation sites is 1. The van der Waals surface area contributed by atoms with Crippen molar-refractivity contribution in [1.29, 1.82) is 0 Å². The van der Waals surface area contributed by atoms with Crippen LogP contribution in [0.3, 0.4) is 0 Å². The average molecular weight is 323 g/mol. The summed E-state index contributed by atoms with van der Waals surface area (Å²) in [5, 5.41) is 7.52. The molecule has 0 bridgehead atoms. The first-order valence-corrected chi connectivity index (χ1v) is 9.20. The summed E-state index contributed by atoms with van der Waals surface area (Å²) in [4.78, 5) is 17.5. The first kappa shape index (κ1) is 15.6. The van der Waals surface area contributed by atoms with Gasteiger partial charge in [-0.1, -0.05) is 18.2 Å². The van der Waals surface area contributed by atoms with Gasteiger partial charge in [0.1, 0.15) is 0 Å². The Balaban J connectivity index is 1.48. The van der Waals surface area contributed by atoms with Crippen molar-refractivity contribution in [2.24, 2.45) is 5.92 Å². The summed E-state index contributed by atoms with van der Waals surface area (Å²) in [6.45, 7) is 2.97. The Labute approximate surface area is 143 Å². The predicted molar refractivity (Wildman–Crippen MR) is 96.3 cm³/mol. The minimum Gasteiger partial charge on any atom is -0.352 e. The zero-order valence-electron chi connectivity index (χ0n) is 14.1. The van der Waals surface area contributed by atoms with E-state index >= 15 is 0 Å². The van der Waals surface area contributed by atoms with Crippen LogP contribution in [0.25, 0.3) is 10.9 Å². The highest BCUT2D eigenvalue weighted by molar-refractivity contribution is 6.06. The smallest absolute Gasteiger partial charge is 0.252 e. The second-order valence-corrected chi connectivity index (χ2v) is 7.14. The van der Waals surface area contributed by atoms with Crippen LogP contribution in [-0.4, -0.2) is 30.5 Å². The quantitative estimate of drug-likeness (QED) is 0.888. The number of pyridine rings is 1. The van der Waals surface area contributed by atoms with E-state index in [1.165, 1.54) is 25.7 Å². The number of aromatic nitrogens is 1. The number of carbonyl (C=O) groups is 1. The predicted octanol–water partition coefficient (Wildman–Crippen LogP) is 3.23. The summed E-state index contributed by atoms with van der Waals surface area (Å²) in [5.74, 6) is 1.28. The molecule has 1 saturated carbocycles. The number of nitrogens with zero attached hydrogens (tertiary/aromatic N) is 1. The van der Waals surface area contributed by atoms with E-state index in [1.54, 1.807) is 0 Å². The average Bonchev–Trinajstić information content (AvgIpc) is 3.47. The molecule has 2 N–H and O–H groups in total. The number of carbonyl (C=O) groups excluding carboxylic acids is 1.